The molecule has 4 heterocycles. The molecule has 3 fully saturated rings. The van der Waals surface area contributed by atoms with Gasteiger partial charge in [0.05, 0.1) is 39.5 Å². The number of aliphatic hydroxyl groups excluding tert-OH is 2. The molecule has 10 atom stereocenters. The Morgan fingerprint density at radius 1 is 0.881 bits per heavy atom. The molecule has 0 bridgehead atoms. The zero-order valence-corrected chi connectivity index (χ0v) is 23.1. The lowest BCUT2D eigenvalue weighted by molar-refractivity contribution is -0.364. The number of phenols is 1. The molecule has 7 rings (SSSR count). The van der Waals surface area contributed by atoms with Crippen molar-refractivity contribution < 1.29 is 62.7 Å². The number of fused-ring (bicyclic) bond motifs is 4. The molecular weight excluding hydrogens is 556 g/mol. The van der Waals surface area contributed by atoms with E-state index in [9.17, 15) is 20.1 Å². The Morgan fingerprint density at radius 3 is 2.26 bits per heavy atom. The molecule has 42 heavy (non-hydrogen) atoms. The number of phenolic OH excluding ortho intramolecular Hbond substituents is 1. The summed E-state index contributed by atoms with van der Waals surface area (Å²) < 4.78 is 51.5. The molecule has 0 aromatic heterocycles. The molecule has 226 valence electrons. The van der Waals surface area contributed by atoms with E-state index in [-0.39, 0.29) is 37.3 Å². The SMILES string of the molecule is COc1cc([C@@H]2c3cc4c(cc3C(O[C@@H]3OC5COC(C)O[C@H]5C(O)[C@@H]3O)[C@H]3COC(=O)[C@H]23)OCO4)cc(OC)c1O. The number of carbonyl (C=O) groups excluding carboxylic acids is 1. The number of esters is 1. The van der Waals surface area contributed by atoms with E-state index in [1.165, 1.54) is 14.2 Å². The molecule has 2 aromatic carbocycles. The predicted octanol–water partition coefficient (Wildman–Crippen LogP) is 1.34. The van der Waals surface area contributed by atoms with Crippen LogP contribution in [0.5, 0.6) is 28.7 Å². The number of ether oxygens (including phenoxy) is 9. The lowest BCUT2D eigenvalue weighted by Crippen LogP contribution is -2.63. The maximum Gasteiger partial charge on any atom is 0.310 e. The van der Waals surface area contributed by atoms with Crippen molar-refractivity contribution in [3.05, 3.63) is 41.0 Å². The van der Waals surface area contributed by atoms with Crippen LogP contribution in [0.15, 0.2) is 24.3 Å². The predicted molar refractivity (Wildman–Crippen MR) is 138 cm³/mol. The minimum atomic E-state index is -1.44. The van der Waals surface area contributed by atoms with Crippen molar-refractivity contribution in [3.63, 3.8) is 0 Å². The highest BCUT2D eigenvalue weighted by atomic mass is 16.8. The number of aromatic hydroxyl groups is 1. The quantitative estimate of drug-likeness (QED) is 0.430. The third-order valence-electron chi connectivity index (χ3n) is 8.75. The van der Waals surface area contributed by atoms with Crippen molar-refractivity contribution in [3.8, 4) is 28.7 Å². The van der Waals surface area contributed by atoms with Gasteiger partial charge in [0.1, 0.15) is 24.4 Å². The van der Waals surface area contributed by atoms with Crippen LogP contribution in [0.2, 0.25) is 0 Å². The smallest absolute Gasteiger partial charge is 0.310 e. The maximum absolute atomic E-state index is 13.4. The average molecular weight is 589 g/mol. The van der Waals surface area contributed by atoms with Gasteiger partial charge in [0.25, 0.3) is 0 Å². The number of hydrogen-bond acceptors (Lipinski definition) is 13. The van der Waals surface area contributed by atoms with Crippen LogP contribution in [0, 0.1) is 11.8 Å². The standard InChI is InChI=1S/C29H32O13/c1-11-36-9-20-27(40-11)24(31)25(32)29(41-20)42-26-14-7-17-16(38-10-39-17)6-13(14)21(22-15(26)8-37-28(22)33)12-4-18(34-2)23(30)19(5-12)35-3/h4-7,11,15,20-22,24-27,29-32H,8-10H2,1-3H3/t11?,15-,20?,21+,22-,24?,25-,26?,27+,29-/m0/s1. The van der Waals surface area contributed by atoms with Crippen molar-refractivity contribution in [1.29, 1.82) is 0 Å². The van der Waals surface area contributed by atoms with Crippen molar-refractivity contribution in [1.82, 2.24) is 0 Å². The van der Waals surface area contributed by atoms with Gasteiger partial charge in [0.15, 0.2) is 35.6 Å². The molecule has 4 aliphatic heterocycles. The topological polar surface area (TPSA) is 161 Å². The second-order valence-corrected chi connectivity index (χ2v) is 11.0. The lowest BCUT2D eigenvalue weighted by Gasteiger charge is -2.47. The molecule has 5 aliphatic rings. The number of benzene rings is 2. The van der Waals surface area contributed by atoms with Gasteiger partial charge < -0.3 is 58.0 Å². The minimum Gasteiger partial charge on any atom is -0.502 e. The van der Waals surface area contributed by atoms with E-state index in [0.717, 1.165) is 0 Å². The fourth-order valence-electron chi connectivity index (χ4n) is 6.74. The zero-order valence-electron chi connectivity index (χ0n) is 23.1. The van der Waals surface area contributed by atoms with Crippen LogP contribution < -0.4 is 18.9 Å². The van der Waals surface area contributed by atoms with Crippen LogP contribution in [0.25, 0.3) is 0 Å². The number of methoxy groups -OCH3 is 2. The van der Waals surface area contributed by atoms with E-state index in [0.29, 0.717) is 28.2 Å². The van der Waals surface area contributed by atoms with Crippen molar-refractivity contribution >= 4 is 5.97 Å². The summed E-state index contributed by atoms with van der Waals surface area (Å²) in [5, 5.41) is 32.5. The minimum absolute atomic E-state index is 0.0301. The van der Waals surface area contributed by atoms with Gasteiger partial charge >= 0.3 is 5.97 Å². The van der Waals surface area contributed by atoms with Crippen LogP contribution >= 0.6 is 0 Å². The first-order chi connectivity index (χ1) is 20.3. The first-order valence-electron chi connectivity index (χ1n) is 13.8. The van der Waals surface area contributed by atoms with Crippen LogP contribution in [0.3, 0.4) is 0 Å². The Labute approximate surface area is 240 Å². The average Bonchev–Trinajstić information content (AvgIpc) is 3.61. The highest BCUT2D eigenvalue weighted by Gasteiger charge is 2.56. The molecule has 2 aromatic rings. The molecule has 13 nitrogen and oxygen atoms in total. The molecule has 0 radical (unpaired) electrons. The summed E-state index contributed by atoms with van der Waals surface area (Å²) in [6.45, 7) is 1.93. The summed E-state index contributed by atoms with van der Waals surface area (Å²) in [4.78, 5) is 13.4. The van der Waals surface area contributed by atoms with Crippen molar-refractivity contribution in [2.24, 2.45) is 11.8 Å². The number of aliphatic hydroxyl groups is 2. The van der Waals surface area contributed by atoms with Crippen LogP contribution in [-0.2, 0) is 28.5 Å². The van der Waals surface area contributed by atoms with Gasteiger partial charge in [-0.2, -0.15) is 0 Å². The first-order valence-corrected chi connectivity index (χ1v) is 13.8. The molecular formula is C29H32O13. The van der Waals surface area contributed by atoms with E-state index in [2.05, 4.69) is 0 Å². The Morgan fingerprint density at radius 2 is 1.57 bits per heavy atom. The molecule has 0 spiro atoms. The van der Waals surface area contributed by atoms with Gasteiger partial charge in [-0.3, -0.25) is 4.79 Å². The van der Waals surface area contributed by atoms with Crippen molar-refractivity contribution in [2.45, 2.75) is 55.9 Å². The summed E-state index contributed by atoms with van der Waals surface area (Å²) >= 11 is 0. The van der Waals surface area contributed by atoms with Crippen molar-refractivity contribution in [2.75, 3.05) is 34.2 Å². The molecule has 0 amide bonds. The zero-order chi connectivity index (χ0) is 29.3. The van der Waals surface area contributed by atoms with Crippen LogP contribution in [0.1, 0.15) is 35.6 Å². The molecule has 13 heteroatoms. The normalized spacial score (nSPS) is 36.5. The lowest BCUT2D eigenvalue weighted by atomic mass is 9.66. The molecule has 3 N–H and O–H groups in total. The Bertz CT molecular complexity index is 1350. The molecule has 1 aliphatic carbocycles. The fraction of sp³-hybridized carbons (Fsp3) is 0.552. The highest BCUT2D eigenvalue weighted by Crippen LogP contribution is 2.57. The van der Waals surface area contributed by atoms with E-state index in [1.54, 1.807) is 31.2 Å². The van der Waals surface area contributed by atoms with Gasteiger partial charge in [-0.25, -0.2) is 0 Å². The van der Waals surface area contributed by atoms with Gasteiger partial charge in [0.2, 0.25) is 12.5 Å². The largest absolute Gasteiger partial charge is 0.502 e. The van der Waals surface area contributed by atoms with Gasteiger partial charge in [-0.15, -0.1) is 0 Å². The van der Waals surface area contributed by atoms with E-state index in [1.807, 2.05) is 0 Å². The Balaban J connectivity index is 1.32. The maximum atomic E-state index is 13.4. The Hall–Kier alpha value is -3.33. The second kappa shape index (κ2) is 10.4. The second-order valence-electron chi connectivity index (χ2n) is 11.0. The summed E-state index contributed by atoms with van der Waals surface area (Å²) in [6, 6.07) is 6.93. The van der Waals surface area contributed by atoms with Crippen LogP contribution in [0.4, 0.5) is 0 Å². The van der Waals surface area contributed by atoms with Crippen LogP contribution in [-0.4, -0.2) is 92.5 Å². The van der Waals surface area contributed by atoms with Gasteiger partial charge in [-0.1, -0.05) is 0 Å². The third-order valence-corrected chi connectivity index (χ3v) is 8.75. The number of hydrogen-bond donors (Lipinski definition) is 3. The third kappa shape index (κ3) is 4.26. The Kier molecular flexibility index (Phi) is 6.83. The van der Waals surface area contributed by atoms with Gasteiger partial charge in [0, 0.05) is 11.8 Å². The summed E-state index contributed by atoms with van der Waals surface area (Å²) in [6.07, 6.45) is -6.80. The fourth-order valence-corrected chi connectivity index (χ4v) is 6.74. The summed E-state index contributed by atoms with van der Waals surface area (Å²) in [5.41, 5.74) is 2.01. The molecule has 0 saturated carbocycles. The summed E-state index contributed by atoms with van der Waals surface area (Å²) in [5.74, 6) is -1.02. The first kappa shape index (κ1) is 27.5. The number of carbonyl (C=O) groups is 1. The van der Waals surface area contributed by atoms with Gasteiger partial charge in [-0.05, 0) is 47.9 Å². The molecule has 4 unspecified atom stereocenters. The summed E-state index contributed by atoms with van der Waals surface area (Å²) in [7, 11) is 2.86. The number of rotatable bonds is 5. The van der Waals surface area contributed by atoms with E-state index < -0.39 is 66.8 Å². The molecule has 3 saturated heterocycles. The highest BCUT2D eigenvalue weighted by molar-refractivity contribution is 5.79. The monoisotopic (exact) mass is 588 g/mol. The van der Waals surface area contributed by atoms with E-state index >= 15 is 0 Å². The number of cyclic esters (lactones) is 1. The van der Waals surface area contributed by atoms with E-state index in [4.69, 9.17) is 42.6 Å².